The third-order valence-electron chi connectivity index (χ3n) is 3.97. The highest BCUT2D eigenvalue weighted by atomic mass is 32.2. The zero-order valence-electron chi connectivity index (χ0n) is 13.1. The summed E-state index contributed by atoms with van der Waals surface area (Å²) in [5.74, 6) is -0.107. The summed E-state index contributed by atoms with van der Waals surface area (Å²) in [6.45, 7) is 4.12. The van der Waals surface area contributed by atoms with Crippen molar-refractivity contribution in [3.63, 3.8) is 0 Å². The first-order valence-corrected chi connectivity index (χ1v) is 8.92. The van der Waals surface area contributed by atoms with Crippen LogP contribution in [0.25, 0.3) is 0 Å². The van der Waals surface area contributed by atoms with Gasteiger partial charge in [0, 0.05) is 25.9 Å². The van der Waals surface area contributed by atoms with Crippen molar-refractivity contribution in [3.8, 4) is 0 Å². The molecule has 2 rings (SSSR count). The zero-order chi connectivity index (χ0) is 16.3. The number of benzene rings is 1. The second-order valence-electron chi connectivity index (χ2n) is 5.29. The fraction of sp³-hybridized carbons (Fsp3) is 0.533. The third kappa shape index (κ3) is 3.48. The summed E-state index contributed by atoms with van der Waals surface area (Å²) in [6.07, 6.45) is 0.0586. The molecule has 0 bridgehead atoms. The summed E-state index contributed by atoms with van der Waals surface area (Å²) in [5, 5.41) is 2.86. The molecule has 6 nitrogen and oxygen atoms in total. The van der Waals surface area contributed by atoms with E-state index in [0.29, 0.717) is 19.5 Å². The first-order chi connectivity index (χ1) is 10.4. The van der Waals surface area contributed by atoms with Crippen molar-refractivity contribution in [1.82, 2.24) is 4.31 Å². The number of methoxy groups -OCH3 is 1. The van der Waals surface area contributed by atoms with E-state index in [0.717, 1.165) is 16.8 Å². The Hall–Kier alpha value is -1.44. The number of hydrogen-bond donors (Lipinski definition) is 1. The van der Waals surface area contributed by atoms with E-state index in [1.165, 1.54) is 11.4 Å². The van der Waals surface area contributed by atoms with Crippen molar-refractivity contribution in [1.29, 1.82) is 0 Å². The predicted octanol–water partition coefficient (Wildman–Crippen LogP) is 1.37. The Morgan fingerprint density at radius 2 is 2.18 bits per heavy atom. The number of anilines is 1. The number of fused-ring (bicyclic) bond motifs is 1. The molecule has 1 aromatic carbocycles. The van der Waals surface area contributed by atoms with Gasteiger partial charge < -0.3 is 10.1 Å². The zero-order valence-corrected chi connectivity index (χ0v) is 13.9. The molecule has 1 unspecified atom stereocenters. The van der Waals surface area contributed by atoms with Crippen LogP contribution < -0.4 is 5.32 Å². The molecule has 1 aromatic rings. The van der Waals surface area contributed by atoms with Gasteiger partial charge in [0.05, 0.1) is 5.75 Å². The molecule has 0 fully saturated rings. The minimum Gasteiger partial charge on any atom is -0.372 e. The summed E-state index contributed by atoms with van der Waals surface area (Å²) >= 11 is 0. The van der Waals surface area contributed by atoms with Crippen molar-refractivity contribution in [3.05, 3.63) is 29.3 Å². The standard InChI is InChI=1S/C15H22N2O4S/c1-4-22(19,20)17-9-8-13-12(10-17)6-5-7-14(13)16-15(18)11(2)21-3/h5-7,11H,4,8-10H2,1-3H3,(H,16,18). The Kier molecular flexibility index (Phi) is 5.20. The molecule has 1 amide bonds. The molecule has 7 heteroatoms. The molecule has 1 aliphatic rings. The summed E-state index contributed by atoms with van der Waals surface area (Å²) in [4.78, 5) is 12.0. The average Bonchev–Trinajstić information content (AvgIpc) is 2.53. The van der Waals surface area contributed by atoms with E-state index in [-0.39, 0.29) is 11.7 Å². The lowest BCUT2D eigenvalue weighted by Crippen LogP contribution is -2.37. The first-order valence-electron chi connectivity index (χ1n) is 7.31. The van der Waals surface area contributed by atoms with E-state index in [9.17, 15) is 13.2 Å². The van der Waals surface area contributed by atoms with E-state index >= 15 is 0 Å². The van der Waals surface area contributed by atoms with Gasteiger partial charge in [-0.25, -0.2) is 8.42 Å². The van der Waals surface area contributed by atoms with Crippen LogP contribution in [-0.2, 0) is 32.5 Å². The lowest BCUT2D eigenvalue weighted by Gasteiger charge is -2.29. The summed E-state index contributed by atoms with van der Waals surface area (Å²) in [5.41, 5.74) is 2.67. The molecular weight excluding hydrogens is 304 g/mol. The van der Waals surface area contributed by atoms with Crippen molar-refractivity contribution in [2.45, 2.75) is 32.9 Å². The molecule has 0 saturated heterocycles. The normalized spacial score (nSPS) is 16.9. The van der Waals surface area contributed by atoms with Crippen LogP contribution in [0.4, 0.5) is 5.69 Å². The molecule has 0 aliphatic carbocycles. The van der Waals surface area contributed by atoms with E-state index < -0.39 is 16.1 Å². The van der Waals surface area contributed by atoms with E-state index in [4.69, 9.17) is 4.74 Å². The Balaban J connectivity index is 2.23. The second-order valence-corrected chi connectivity index (χ2v) is 7.55. The van der Waals surface area contributed by atoms with Gasteiger partial charge in [-0.3, -0.25) is 4.79 Å². The molecule has 122 valence electrons. The van der Waals surface area contributed by atoms with Gasteiger partial charge in [0.1, 0.15) is 6.10 Å². The van der Waals surface area contributed by atoms with Crippen molar-refractivity contribution < 1.29 is 17.9 Å². The van der Waals surface area contributed by atoms with Crippen LogP contribution in [0.15, 0.2) is 18.2 Å². The molecule has 0 saturated carbocycles. The van der Waals surface area contributed by atoms with Crippen LogP contribution >= 0.6 is 0 Å². The SMILES string of the molecule is CCS(=O)(=O)N1CCc2c(cccc2NC(=O)C(C)OC)C1. The molecule has 22 heavy (non-hydrogen) atoms. The molecule has 0 spiro atoms. The highest BCUT2D eigenvalue weighted by Crippen LogP contribution is 2.27. The Morgan fingerprint density at radius 1 is 1.45 bits per heavy atom. The Morgan fingerprint density at radius 3 is 2.82 bits per heavy atom. The van der Waals surface area contributed by atoms with Crippen LogP contribution in [0.1, 0.15) is 25.0 Å². The summed E-state index contributed by atoms with van der Waals surface area (Å²) < 4.78 is 30.5. The maximum Gasteiger partial charge on any atom is 0.253 e. The van der Waals surface area contributed by atoms with Gasteiger partial charge in [0.2, 0.25) is 10.0 Å². The van der Waals surface area contributed by atoms with Gasteiger partial charge in [0.15, 0.2) is 0 Å². The number of sulfonamides is 1. The van der Waals surface area contributed by atoms with Gasteiger partial charge in [-0.05, 0) is 37.5 Å². The lowest BCUT2D eigenvalue weighted by molar-refractivity contribution is -0.124. The molecule has 1 heterocycles. The predicted molar refractivity (Wildman–Crippen MR) is 85.1 cm³/mol. The highest BCUT2D eigenvalue weighted by Gasteiger charge is 2.27. The van der Waals surface area contributed by atoms with Gasteiger partial charge in [-0.15, -0.1) is 0 Å². The largest absolute Gasteiger partial charge is 0.372 e. The molecule has 1 N–H and O–H groups in total. The first kappa shape index (κ1) is 16.9. The number of carbonyl (C=O) groups excluding carboxylic acids is 1. The minimum atomic E-state index is -3.19. The molecular formula is C15H22N2O4S. The summed E-state index contributed by atoms with van der Waals surface area (Å²) in [6, 6.07) is 5.57. The number of carbonyl (C=O) groups is 1. The second kappa shape index (κ2) is 6.76. The van der Waals surface area contributed by atoms with Crippen molar-refractivity contribution >= 4 is 21.6 Å². The van der Waals surface area contributed by atoms with Crippen molar-refractivity contribution in [2.75, 3.05) is 24.7 Å². The van der Waals surface area contributed by atoms with Crippen LogP contribution in [0, 0.1) is 0 Å². The number of nitrogens with zero attached hydrogens (tertiary/aromatic N) is 1. The quantitative estimate of drug-likeness (QED) is 0.887. The van der Waals surface area contributed by atoms with E-state index in [1.807, 2.05) is 18.2 Å². The fourth-order valence-electron chi connectivity index (χ4n) is 2.46. The number of rotatable bonds is 5. The third-order valence-corrected chi connectivity index (χ3v) is 5.80. The smallest absolute Gasteiger partial charge is 0.253 e. The molecule has 0 aromatic heterocycles. The van der Waals surface area contributed by atoms with Crippen molar-refractivity contribution in [2.24, 2.45) is 0 Å². The number of nitrogens with one attached hydrogen (secondary N) is 1. The fourth-order valence-corrected chi connectivity index (χ4v) is 3.53. The van der Waals surface area contributed by atoms with E-state index in [1.54, 1.807) is 13.8 Å². The number of ether oxygens (including phenoxy) is 1. The molecule has 1 aliphatic heterocycles. The topological polar surface area (TPSA) is 75.7 Å². The monoisotopic (exact) mass is 326 g/mol. The van der Waals surface area contributed by atoms with Crippen LogP contribution in [0.2, 0.25) is 0 Å². The molecule has 1 atom stereocenters. The highest BCUT2D eigenvalue weighted by molar-refractivity contribution is 7.89. The number of amides is 1. The van der Waals surface area contributed by atoms with Crippen LogP contribution in [-0.4, -0.2) is 44.1 Å². The van der Waals surface area contributed by atoms with Gasteiger partial charge in [-0.1, -0.05) is 12.1 Å². The van der Waals surface area contributed by atoms with E-state index in [2.05, 4.69) is 5.32 Å². The Bertz CT molecular complexity index is 658. The minimum absolute atomic E-state index is 0.101. The maximum absolute atomic E-state index is 12.0. The maximum atomic E-state index is 12.0. The van der Waals surface area contributed by atoms with Crippen LogP contribution in [0.5, 0.6) is 0 Å². The average molecular weight is 326 g/mol. The summed E-state index contributed by atoms with van der Waals surface area (Å²) in [7, 11) is -1.71. The number of hydrogen-bond acceptors (Lipinski definition) is 4. The van der Waals surface area contributed by atoms with Gasteiger partial charge in [-0.2, -0.15) is 4.31 Å². The van der Waals surface area contributed by atoms with Gasteiger partial charge in [0.25, 0.3) is 5.91 Å². The van der Waals surface area contributed by atoms with Crippen LogP contribution in [0.3, 0.4) is 0 Å². The Labute approximate surface area is 131 Å². The lowest BCUT2D eigenvalue weighted by atomic mass is 9.99. The molecule has 0 radical (unpaired) electrons. The van der Waals surface area contributed by atoms with Gasteiger partial charge >= 0.3 is 0 Å².